The molecular formula is C12H13N3O. The molecule has 4 heteroatoms. The van der Waals surface area contributed by atoms with Crippen LogP contribution in [0.5, 0.6) is 0 Å². The van der Waals surface area contributed by atoms with Crippen molar-refractivity contribution < 1.29 is 4.42 Å². The van der Waals surface area contributed by atoms with Crippen molar-refractivity contribution in [3.8, 4) is 0 Å². The van der Waals surface area contributed by atoms with Crippen LogP contribution in [0.4, 0.5) is 5.69 Å². The van der Waals surface area contributed by atoms with Gasteiger partial charge in [0.1, 0.15) is 5.76 Å². The molecule has 2 aromatic rings. The second-order valence-electron chi connectivity index (χ2n) is 3.35. The minimum atomic E-state index is 0.513. The minimum Gasteiger partial charge on any atom is -0.458 e. The van der Waals surface area contributed by atoms with E-state index in [9.17, 15) is 0 Å². The summed E-state index contributed by atoms with van der Waals surface area (Å²) in [6.45, 7) is 1.88. The smallest absolute Gasteiger partial charge is 0.184 e. The fourth-order valence-electron chi connectivity index (χ4n) is 1.35. The number of furan rings is 1. The maximum absolute atomic E-state index is 5.44. The predicted molar refractivity (Wildman–Crippen MR) is 63.4 cm³/mol. The summed E-state index contributed by atoms with van der Waals surface area (Å²) in [6, 6.07) is 13.3. The molecule has 2 rings (SSSR count). The zero-order valence-corrected chi connectivity index (χ0v) is 8.97. The molecule has 0 unspecified atom stereocenters. The summed E-state index contributed by atoms with van der Waals surface area (Å²) in [4.78, 5) is 4.35. The van der Waals surface area contributed by atoms with Crippen LogP contribution in [0, 0.1) is 6.92 Å². The van der Waals surface area contributed by atoms with Gasteiger partial charge in [-0.05, 0) is 31.2 Å². The number of nitrogens with two attached hydrogens (primary N) is 1. The number of aryl methyl sites for hydroxylation is 1. The molecule has 0 aliphatic carbocycles. The van der Waals surface area contributed by atoms with E-state index in [0.29, 0.717) is 11.6 Å². The number of nitrogens with zero attached hydrogens (tertiary/aromatic N) is 1. The summed E-state index contributed by atoms with van der Waals surface area (Å²) in [5.74, 6) is 7.39. The third-order valence-corrected chi connectivity index (χ3v) is 2.11. The molecule has 0 aliphatic heterocycles. The highest BCUT2D eigenvalue weighted by atomic mass is 16.3. The van der Waals surface area contributed by atoms with E-state index in [1.807, 2.05) is 49.4 Å². The molecule has 0 bridgehead atoms. The van der Waals surface area contributed by atoms with Gasteiger partial charge in [-0.1, -0.05) is 18.2 Å². The fourth-order valence-corrected chi connectivity index (χ4v) is 1.35. The highest BCUT2D eigenvalue weighted by Gasteiger charge is 2.06. The highest BCUT2D eigenvalue weighted by molar-refractivity contribution is 5.97. The van der Waals surface area contributed by atoms with Crippen LogP contribution < -0.4 is 11.3 Å². The molecule has 0 saturated heterocycles. The van der Waals surface area contributed by atoms with Gasteiger partial charge in [0.15, 0.2) is 11.6 Å². The Hall–Kier alpha value is -2.07. The minimum absolute atomic E-state index is 0.513. The zero-order valence-electron chi connectivity index (χ0n) is 8.97. The van der Waals surface area contributed by atoms with Crippen LogP contribution in [0.3, 0.4) is 0 Å². The molecule has 1 aromatic heterocycles. The number of nitrogens with one attached hydrogen (secondary N) is 1. The van der Waals surface area contributed by atoms with Crippen LogP contribution in [0.1, 0.15) is 11.5 Å². The Bertz CT molecular complexity index is 488. The first-order valence-electron chi connectivity index (χ1n) is 4.97. The van der Waals surface area contributed by atoms with Crippen LogP contribution >= 0.6 is 0 Å². The normalized spacial score (nSPS) is 11.5. The second kappa shape index (κ2) is 4.63. The SMILES string of the molecule is Cc1ccc(C(=Nc2ccccc2)NN)o1. The third kappa shape index (κ3) is 2.29. The van der Waals surface area contributed by atoms with E-state index in [4.69, 9.17) is 10.3 Å². The van der Waals surface area contributed by atoms with E-state index < -0.39 is 0 Å². The number of benzene rings is 1. The van der Waals surface area contributed by atoms with Crippen LogP contribution in [-0.4, -0.2) is 5.84 Å². The summed E-state index contributed by atoms with van der Waals surface area (Å²) in [5.41, 5.74) is 3.36. The molecule has 16 heavy (non-hydrogen) atoms. The Morgan fingerprint density at radius 3 is 2.50 bits per heavy atom. The maximum atomic E-state index is 5.44. The second-order valence-corrected chi connectivity index (χ2v) is 3.35. The Balaban J connectivity index is 2.33. The average Bonchev–Trinajstić information content (AvgIpc) is 2.74. The molecule has 0 fully saturated rings. The number of hydrogen-bond acceptors (Lipinski definition) is 3. The van der Waals surface area contributed by atoms with Crippen molar-refractivity contribution in [1.82, 2.24) is 5.43 Å². The quantitative estimate of drug-likeness (QED) is 0.349. The molecule has 82 valence electrons. The van der Waals surface area contributed by atoms with Crippen LogP contribution in [0.25, 0.3) is 0 Å². The molecular weight excluding hydrogens is 202 g/mol. The van der Waals surface area contributed by atoms with Crippen molar-refractivity contribution in [2.45, 2.75) is 6.92 Å². The number of hydrazine groups is 1. The summed E-state index contributed by atoms with van der Waals surface area (Å²) >= 11 is 0. The zero-order chi connectivity index (χ0) is 11.4. The van der Waals surface area contributed by atoms with Crippen LogP contribution in [0.2, 0.25) is 0 Å². The first-order valence-corrected chi connectivity index (χ1v) is 4.97. The Morgan fingerprint density at radius 1 is 1.19 bits per heavy atom. The van der Waals surface area contributed by atoms with Gasteiger partial charge in [-0.15, -0.1) is 0 Å². The number of hydrogen-bond donors (Lipinski definition) is 2. The fraction of sp³-hybridized carbons (Fsp3) is 0.0833. The van der Waals surface area contributed by atoms with E-state index in [0.717, 1.165) is 11.4 Å². The van der Waals surface area contributed by atoms with E-state index >= 15 is 0 Å². The van der Waals surface area contributed by atoms with Gasteiger partial charge in [0.2, 0.25) is 0 Å². The molecule has 0 amide bonds. The number of para-hydroxylation sites is 1. The molecule has 0 atom stereocenters. The molecule has 0 saturated carbocycles. The number of rotatable bonds is 2. The van der Waals surface area contributed by atoms with Crippen molar-refractivity contribution in [1.29, 1.82) is 0 Å². The van der Waals surface area contributed by atoms with Crippen LogP contribution in [0.15, 0.2) is 51.9 Å². The molecule has 0 radical (unpaired) electrons. The lowest BCUT2D eigenvalue weighted by atomic mass is 10.3. The van der Waals surface area contributed by atoms with Gasteiger partial charge in [0, 0.05) is 0 Å². The van der Waals surface area contributed by atoms with Gasteiger partial charge in [-0.3, -0.25) is 0 Å². The van der Waals surface area contributed by atoms with Crippen molar-refractivity contribution >= 4 is 11.5 Å². The van der Waals surface area contributed by atoms with Gasteiger partial charge in [0.25, 0.3) is 0 Å². The maximum Gasteiger partial charge on any atom is 0.184 e. The van der Waals surface area contributed by atoms with E-state index in [1.54, 1.807) is 0 Å². The van der Waals surface area contributed by atoms with Crippen molar-refractivity contribution in [2.75, 3.05) is 0 Å². The van der Waals surface area contributed by atoms with E-state index in [1.165, 1.54) is 0 Å². The van der Waals surface area contributed by atoms with Crippen molar-refractivity contribution in [3.63, 3.8) is 0 Å². The lowest BCUT2D eigenvalue weighted by Gasteiger charge is -2.01. The lowest BCUT2D eigenvalue weighted by molar-refractivity contribution is 0.522. The van der Waals surface area contributed by atoms with Gasteiger partial charge in [-0.25, -0.2) is 10.8 Å². The predicted octanol–water partition coefficient (Wildman–Crippen LogP) is 2.13. The molecule has 0 spiro atoms. The topological polar surface area (TPSA) is 63.5 Å². The van der Waals surface area contributed by atoms with Crippen molar-refractivity contribution in [3.05, 3.63) is 54.0 Å². The largest absolute Gasteiger partial charge is 0.458 e. The summed E-state index contributed by atoms with van der Waals surface area (Å²) in [6.07, 6.45) is 0. The van der Waals surface area contributed by atoms with Gasteiger partial charge >= 0.3 is 0 Å². The molecule has 1 aromatic carbocycles. The average molecular weight is 215 g/mol. The summed E-state index contributed by atoms with van der Waals surface area (Å²) in [7, 11) is 0. The van der Waals surface area contributed by atoms with Crippen molar-refractivity contribution in [2.24, 2.45) is 10.8 Å². The first-order chi connectivity index (χ1) is 7.79. The monoisotopic (exact) mass is 215 g/mol. The molecule has 3 N–H and O–H groups in total. The van der Waals surface area contributed by atoms with E-state index in [-0.39, 0.29) is 0 Å². The third-order valence-electron chi connectivity index (χ3n) is 2.11. The lowest BCUT2D eigenvalue weighted by Crippen LogP contribution is -2.30. The Morgan fingerprint density at radius 2 is 1.94 bits per heavy atom. The first kappa shape index (κ1) is 10.4. The summed E-state index contributed by atoms with van der Waals surface area (Å²) in [5, 5.41) is 0. The number of amidine groups is 1. The van der Waals surface area contributed by atoms with E-state index in [2.05, 4.69) is 10.4 Å². The Kier molecular flexibility index (Phi) is 3.03. The highest BCUT2D eigenvalue weighted by Crippen LogP contribution is 2.13. The Labute approximate surface area is 93.8 Å². The van der Waals surface area contributed by atoms with Gasteiger partial charge in [-0.2, -0.15) is 0 Å². The van der Waals surface area contributed by atoms with Gasteiger partial charge < -0.3 is 9.84 Å². The molecule has 4 nitrogen and oxygen atoms in total. The molecule has 0 aliphatic rings. The summed E-state index contributed by atoms with van der Waals surface area (Å²) < 4.78 is 5.44. The van der Waals surface area contributed by atoms with Crippen LogP contribution in [-0.2, 0) is 0 Å². The number of aliphatic imine (C=N–C) groups is 1. The molecule has 1 heterocycles. The standard InChI is InChI=1S/C12H13N3O/c1-9-7-8-11(16-9)12(15-13)14-10-5-3-2-4-6-10/h2-8H,13H2,1H3,(H,14,15). The van der Waals surface area contributed by atoms with Gasteiger partial charge in [0.05, 0.1) is 5.69 Å².